The highest BCUT2D eigenvalue weighted by atomic mass is 35.5. The van der Waals surface area contributed by atoms with Gasteiger partial charge >= 0.3 is 12.6 Å². The van der Waals surface area contributed by atoms with E-state index in [1.54, 1.807) is 0 Å². The Morgan fingerprint density at radius 1 is 1.29 bits per heavy atom. The lowest BCUT2D eigenvalue weighted by Crippen LogP contribution is -2.47. The molecule has 10 heteroatoms. The molecule has 0 unspecified atom stereocenters. The van der Waals surface area contributed by atoms with Crippen LogP contribution in [0.2, 0.25) is 5.02 Å². The molecule has 154 valence electrons. The zero-order valence-corrected chi connectivity index (χ0v) is 16.3. The summed E-state index contributed by atoms with van der Waals surface area (Å²) < 4.78 is 28.7. The van der Waals surface area contributed by atoms with E-state index in [0.717, 1.165) is 4.90 Å². The van der Waals surface area contributed by atoms with Gasteiger partial charge in [-0.3, -0.25) is 14.5 Å². The number of imide groups is 1. The molecule has 0 aliphatic carbocycles. The zero-order valence-electron chi connectivity index (χ0n) is 15.6. The van der Waals surface area contributed by atoms with E-state index in [0.29, 0.717) is 25.7 Å². The normalized spacial score (nSPS) is 15.7. The lowest BCUT2D eigenvalue weighted by molar-refractivity contribution is -0.134. The molecule has 0 aromatic heterocycles. The first-order chi connectivity index (χ1) is 13.2. The summed E-state index contributed by atoms with van der Waals surface area (Å²) in [5, 5.41) is 5.09. The van der Waals surface area contributed by atoms with Crippen LogP contribution in [0.4, 0.5) is 19.3 Å². The van der Waals surface area contributed by atoms with Crippen molar-refractivity contribution in [2.45, 2.75) is 51.7 Å². The maximum Gasteiger partial charge on any atom is 0.387 e. The fraction of sp³-hybridized carbons (Fsp3) is 0.500. The molecule has 1 heterocycles. The molecule has 1 fully saturated rings. The number of urea groups is 1. The summed E-state index contributed by atoms with van der Waals surface area (Å²) in [5.74, 6) is -1.27. The molecule has 0 saturated carbocycles. The Kier molecular flexibility index (Phi) is 7.17. The number of ether oxygens (including phenoxy) is 1. The van der Waals surface area contributed by atoms with Crippen molar-refractivity contribution in [1.29, 1.82) is 0 Å². The van der Waals surface area contributed by atoms with E-state index in [1.165, 1.54) is 18.2 Å². The molecule has 0 atom stereocenters. The van der Waals surface area contributed by atoms with Gasteiger partial charge in [-0.15, -0.1) is 0 Å². The van der Waals surface area contributed by atoms with Crippen LogP contribution in [0.3, 0.4) is 0 Å². The van der Waals surface area contributed by atoms with Gasteiger partial charge in [-0.2, -0.15) is 8.78 Å². The molecule has 2 N–H and O–H groups in total. The summed E-state index contributed by atoms with van der Waals surface area (Å²) >= 11 is 5.84. The first-order valence-electron chi connectivity index (χ1n) is 8.90. The van der Waals surface area contributed by atoms with Gasteiger partial charge in [-0.1, -0.05) is 38.3 Å². The van der Waals surface area contributed by atoms with Gasteiger partial charge in [0.25, 0.3) is 5.91 Å². The molecule has 1 saturated heterocycles. The molecule has 1 aromatic rings. The standard InChI is InChI=1S/C18H22ClF2N3O4/c1-3-7-18(8-4-2)15(26)24(17(27)23-18)10-14(25)22-11-5-6-13(12(19)9-11)28-16(20)21/h5-6,9,16H,3-4,7-8,10H2,1-2H3,(H,22,25)(H,23,27). The number of anilines is 1. The lowest BCUT2D eigenvalue weighted by Gasteiger charge is -2.25. The lowest BCUT2D eigenvalue weighted by atomic mass is 9.88. The number of halogens is 3. The van der Waals surface area contributed by atoms with Crippen LogP contribution in [-0.4, -0.2) is 41.4 Å². The van der Waals surface area contributed by atoms with Crippen molar-refractivity contribution < 1.29 is 27.9 Å². The Labute approximate surface area is 166 Å². The van der Waals surface area contributed by atoms with Crippen molar-refractivity contribution >= 4 is 35.1 Å². The van der Waals surface area contributed by atoms with Gasteiger partial charge in [-0.05, 0) is 31.0 Å². The van der Waals surface area contributed by atoms with E-state index in [2.05, 4.69) is 15.4 Å². The number of nitrogens with zero attached hydrogens (tertiary/aromatic N) is 1. The van der Waals surface area contributed by atoms with Crippen molar-refractivity contribution in [3.63, 3.8) is 0 Å². The Bertz CT molecular complexity index is 754. The number of benzene rings is 1. The van der Waals surface area contributed by atoms with Crippen LogP contribution in [0, 0.1) is 0 Å². The third-order valence-electron chi connectivity index (χ3n) is 4.33. The molecular formula is C18H22ClF2N3O4. The topological polar surface area (TPSA) is 87.7 Å². The van der Waals surface area contributed by atoms with Crippen molar-refractivity contribution in [2.24, 2.45) is 0 Å². The molecule has 7 nitrogen and oxygen atoms in total. The molecule has 0 bridgehead atoms. The summed E-state index contributed by atoms with van der Waals surface area (Å²) in [4.78, 5) is 38.2. The first-order valence-corrected chi connectivity index (χ1v) is 9.28. The molecule has 0 spiro atoms. The number of carbonyl (C=O) groups is 3. The number of amides is 4. The van der Waals surface area contributed by atoms with E-state index in [-0.39, 0.29) is 16.5 Å². The third-order valence-corrected chi connectivity index (χ3v) is 4.63. The van der Waals surface area contributed by atoms with Crippen molar-refractivity contribution in [3.8, 4) is 5.75 Å². The average Bonchev–Trinajstić information content (AvgIpc) is 2.82. The van der Waals surface area contributed by atoms with Gasteiger partial charge in [0.05, 0.1) is 5.02 Å². The van der Waals surface area contributed by atoms with Crippen LogP contribution in [-0.2, 0) is 9.59 Å². The zero-order chi connectivity index (χ0) is 20.9. The average molecular weight is 418 g/mol. The van der Waals surface area contributed by atoms with Gasteiger partial charge in [0.1, 0.15) is 17.8 Å². The van der Waals surface area contributed by atoms with Crippen LogP contribution in [0.15, 0.2) is 18.2 Å². The Morgan fingerprint density at radius 2 is 1.93 bits per heavy atom. The number of hydrogen-bond donors (Lipinski definition) is 2. The number of nitrogens with one attached hydrogen (secondary N) is 2. The fourth-order valence-corrected chi connectivity index (χ4v) is 3.48. The predicted molar refractivity (Wildman–Crippen MR) is 99.5 cm³/mol. The Morgan fingerprint density at radius 3 is 2.46 bits per heavy atom. The van der Waals surface area contributed by atoms with Crippen molar-refractivity contribution in [3.05, 3.63) is 23.2 Å². The van der Waals surface area contributed by atoms with Gasteiger partial charge < -0.3 is 15.4 Å². The highest BCUT2D eigenvalue weighted by Gasteiger charge is 2.50. The Hall–Kier alpha value is -2.42. The molecule has 0 radical (unpaired) electrons. The van der Waals surface area contributed by atoms with Crippen molar-refractivity contribution in [1.82, 2.24) is 10.2 Å². The molecule has 28 heavy (non-hydrogen) atoms. The van der Waals surface area contributed by atoms with Crippen LogP contribution >= 0.6 is 11.6 Å². The molecular weight excluding hydrogens is 396 g/mol. The number of rotatable bonds is 9. The molecule has 2 rings (SSSR count). The third kappa shape index (κ3) is 4.89. The summed E-state index contributed by atoms with van der Waals surface area (Å²) in [5.41, 5.74) is -0.754. The van der Waals surface area contributed by atoms with Crippen LogP contribution in [0.1, 0.15) is 39.5 Å². The van der Waals surface area contributed by atoms with Gasteiger partial charge in [0.2, 0.25) is 5.91 Å². The van der Waals surface area contributed by atoms with E-state index in [1.807, 2.05) is 13.8 Å². The molecule has 1 aromatic carbocycles. The van der Waals surface area contributed by atoms with E-state index >= 15 is 0 Å². The second-order valence-electron chi connectivity index (χ2n) is 6.48. The summed E-state index contributed by atoms with van der Waals surface area (Å²) in [7, 11) is 0. The first kappa shape index (κ1) is 21.9. The molecule has 4 amide bonds. The van der Waals surface area contributed by atoms with Crippen LogP contribution < -0.4 is 15.4 Å². The maximum absolute atomic E-state index is 12.8. The minimum Gasteiger partial charge on any atom is -0.433 e. The second kappa shape index (κ2) is 9.18. The quantitative estimate of drug-likeness (QED) is 0.599. The fourth-order valence-electron chi connectivity index (χ4n) is 3.25. The number of hydrogen-bond acceptors (Lipinski definition) is 4. The largest absolute Gasteiger partial charge is 0.433 e. The summed E-state index contributed by atoms with van der Waals surface area (Å²) in [6, 6.07) is 3.14. The van der Waals surface area contributed by atoms with Gasteiger partial charge in [0, 0.05) is 5.69 Å². The predicted octanol–water partition coefficient (Wildman–Crippen LogP) is 3.77. The summed E-state index contributed by atoms with van der Waals surface area (Å²) in [6.07, 6.45) is 2.39. The maximum atomic E-state index is 12.8. The minimum absolute atomic E-state index is 0.113. The second-order valence-corrected chi connectivity index (χ2v) is 6.88. The number of carbonyl (C=O) groups excluding carboxylic acids is 3. The smallest absolute Gasteiger partial charge is 0.387 e. The van der Waals surface area contributed by atoms with Gasteiger partial charge in [0.15, 0.2) is 0 Å². The minimum atomic E-state index is -3.02. The number of alkyl halides is 2. The SMILES string of the molecule is CCCC1(CCC)NC(=O)N(CC(=O)Nc2ccc(OC(F)F)c(Cl)c2)C1=O. The van der Waals surface area contributed by atoms with E-state index in [9.17, 15) is 23.2 Å². The van der Waals surface area contributed by atoms with Gasteiger partial charge in [-0.25, -0.2) is 4.79 Å². The van der Waals surface area contributed by atoms with Crippen LogP contribution in [0.25, 0.3) is 0 Å². The van der Waals surface area contributed by atoms with Crippen molar-refractivity contribution in [2.75, 3.05) is 11.9 Å². The highest BCUT2D eigenvalue weighted by Crippen LogP contribution is 2.30. The van der Waals surface area contributed by atoms with E-state index < -0.39 is 36.5 Å². The monoisotopic (exact) mass is 417 g/mol. The summed E-state index contributed by atoms with van der Waals surface area (Å²) in [6.45, 7) is 0.339. The van der Waals surface area contributed by atoms with Crippen LogP contribution in [0.5, 0.6) is 5.75 Å². The Balaban J connectivity index is 2.05. The molecule has 1 aliphatic rings. The highest BCUT2D eigenvalue weighted by molar-refractivity contribution is 6.32. The molecule has 1 aliphatic heterocycles. The van der Waals surface area contributed by atoms with E-state index in [4.69, 9.17) is 11.6 Å².